The number of thioether (sulfide) groups is 1. The van der Waals surface area contributed by atoms with Gasteiger partial charge >= 0.3 is 0 Å². The third-order valence-electron chi connectivity index (χ3n) is 2.39. The highest BCUT2D eigenvalue weighted by Crippen LogP contribution is 2.21. The van der Waals surface area contributed by atoms with Crippen molar-refractivity contribution < 1.29 is 0 Å². The van der Waals surface area contributed by atoms with E-state index in [1.54, 1.807) is 0 Å². The number of aliphatic imine (C=N–C) groups is 1. The Bertz CT molecular complexity index is 692. The highest BCUT2D eigenvalue weighted by molar-refractivity contribution is 7.98. The molecule has 9 heteroatoms. The van der Waals surface area contributed by atoms with Crippen LogP contribution in [0, 0.1) is 0 Å². The average Bonchev–Trinajstić information content (AvgIpc) is 2.86. The standard InChI is InChI=1S/C12H10Cl3N5S/c1-21-12-18-11(16)20(19-12)10(17-9(15)8(13)14)7-5-3-2-4-6-7/h2-6H,1H3,(H2,16,18,19)/b17-10-. The fourth-order valence-corrected chi connectivity index (χ4v) is 2.02. The molecule has 0 aliphatic carbocycles. The molecule has 2 rings (SSSR count). The maximum Gasteiger partial charge on any atom is 0.225 e. The van der Waals surface area contributed by atoms with Gasteiger partial charge in [0.2, 0.25) is 11.1 Å². The first kappa shape index (κ1) is 16.2. The van der Waals surface area contributed by atoms with Crippen LogP contribution in [-0.4, -0.2) is 26.9 Å². The number of halogens is 3. The summed E-state index contributed by atoms with van der Waals surface area (Å²) in [4.78, 5) is 8.31. The first-order valence-corrected chi connectivity index (χ1v) is 8.00. The van der Waals surface area contributed by atoms with E-state index < -0.39 is 0 Å². The van der Waals surface area contributed by atoms with Crippen molar-refractivity contribution in [2.24, 2.45) is 4.99 Å². The fraction of sp³-hybridized carbons (Fsp3) is 0.0833. The molecule has 0 fully saturated rings. The molecule has 0 unspecified atom stereocenters. The molecule has 0 atom stereocenters. The molecule has 0 aliphatic rings. The molecule has 21 heavy (non-hydrogen) atoms. The molecular formula is C12H10Cl3N5S. The van der Waals surface area contributed by atoms with Crippen LogP contribution < -0.4 is 5.73 Å². The van der Waals surface area contributed by atoms with Crippen molar-refractivity contribution in [2.75, 3.05) is 12.0 Å². The largest absolute Gasteiger partial charge is 0.368 e. The van der Waals surface area contributed by atoms with Gasteiger partial charge in [0.25, 0.3) is 0 Å². The number of nitrogens with two attached hydrogens (primary N) is 1. The van der Waals surface area contributed by atoms with Crippen molar-refractivity contribution in [3.63, 3.8) is 0 Å². The molecule has 0 saturated carbocycles. The Kier molecular flexibility index (Phi) is 5.52. The van der Waals surface area contributed by atoms with Crippen molar-refractivity contribution in [1.29, 1.82) is 0 Å². The molecule has 0 saturated heterocycles. The van der Waals surface area contributed by atoms with Crippen molar-refractivity contribution in [1.82, 2.24) is 14.8 Å². The summed E-state index contributed by atoms with van der Waals surface area (Å²) in [6.45, 7) is 0. The van der Waals surface area contributed by atoms with E-state index >= 15 is 0 Å². The summed E-state index contributed by atoms with van der Waals surface area (Å²) in [5, 5.41) is 4.73. The quantitative estimate of drug-likeness (QED) is 0.391. The Morgan fingerprint density at radius 1 is 1.24 bits per heavy atom. The lowest BCUT2D eigenvalue weighted by atomic mass is 10.2. The monoisotopic (exact) mass is 361 g/mol. The lowest BCUT2D eigenvalue weighted by molar-refractivity contribution is 0.881. The van der Waals surface area contributed by atoms with E-state index in [-0.39, 0.29) is 15.6 Å². The minimum absolute atomic E-state index is 0.0576. The van der Waals surface area contributed by atoms with Crippen LogP contribution >= 0.6 is 46.6 Å². The van der Waals surface area contributed by atoms with Crippen molar-refractivity contribution in [2.45, 2.75) is 5.16 Å². The SMILES string of the molecule is CSc1nc(N)n(/C(=N\C(Cl)=C(Cl)Cl)c2ccccc2)n1. The maximum absolute atomic E-state index is 5.92. The van der Waals surface area contributed by atoms with Gasteiger partial charge < -0.3 is 5.73 Å². The molecule has 1 aromatic carbocycles. The van der Waals surface area contributed by atoms with E-state index in [9.17, 15) is 0 Å². The first-order valence-electron chi connectivity index (χ1n) is 5.64. The Labute approximate surface area is 140 Å². The minimum Gasteiger partial charge on any atom is -0.368 e. The zero-order valence-electron chi connectivity index (χ0n) is 10.8. The summed E-state index contributed by atoms with van der Waals surface area (Å²) in [6, 6.07) is 9.27. The van der Waals surface area contributed by atoms with E-state index in [0.29, 0.717) is 11.0 Å². The summed E-state index contributed by atoms with van der Waals surface area (Å²) in [5.74, 6) is 0.571. The summed E-state index contributed by atoms with van der Waals surface area (Å²) in [5.41, 5.74) is 6.62. The molecular weight excluding hydrogens is 353 g/mol. The number of nitrogens with zero attached hydrogens (tertiary/aromatic N) is 4. The van der Waals surface area contributed by atoms with Gasteiger partial charge in [-0.3, -0.25) is 0 Å². The van der Waals surface area contributed by atoms with Gasteiger partial charge in [0.15, 0.2) is 11.0 Å². The number of aromatic nitrogens is 3. The molecule has 2 N–H and O–H groups in total. The van der Waals surface area contributed by atoms with E-state index in [2.05, 4.69) is 15.1 Å². The van der Waals surface area contributed by atoms with Gasteiger partial charge in [-0.15, -0.1) is 5.10 Å². The summed E-state index contributed by atoms with van der Waals surface area (Å²) < 4.78 is 1.24. The lowest BCUT2D eigenvalue weighted by Crippen LogP contribution is -2.18. The Morgan fingerprint density at radius 2 is 1.90 bits per heavy atom. The second kappa shape index (κ2) is 7.17. The van der Waals surface area contributed by atoms with E-state index in [4.69, 9.17) is 40.5 Å². The van der Waals surface area contributed by atoms with Crippen LogP contribution in [0.25, 0.3) is 0 Å². The van der Waals surface area contributed by atoms with E-state index in [1.807, 2.05) is 36.6 Å². The normalized spacial score (nSPS) is 11.5. The van der Waals surface area contributed by atoms with Crippen LogP contribution in [0.1, 0.15) is 5.56 Å². The van der Waals surface area contributed by atoms with Gasteiger partial charge in [-0.05, 0) is 6.26 Å². The van der Waals surface area contributed by atoms with Crippen LogP contribution in [0.3, 0.4) is 0 Å². The van der Waals surface area contributed by atoms with Crippen LogP contribution in [0.2, 0.25) is 0 Å². The second-order valence-electron chi connectivity index (χ2n) is 3.72. The van der Waals surface area contributed by atoms with E-state index in [0.717, 1.165) is 5.56 Å². The Balaban J connectivity index is 2.61. The zero-order valence-corrected chi connectivity index (χ0v) is 13.9. The molecule has 0 amide bonds. The van der Waals surface area contributed by atoms with Crippen LogP contribution in [0.5, 0.6) is 0 Å². The Hall–Kier alpha value is -1.21. The molecule has 110 valence electrons. The molecule has 0 radical (unpaired) electrons. The average molecular weight is 363 g/mol. The van der Waals surface area contributed by atoms with Crippen molar-refractivity contribution in [3.8, 4) is 0 Å². The second-order valence-corrected chi connectivity index (χ2v) is 5.80. The third kappa shape index (κ3) is 3.91. The van der Waals surface area contributed by atoms with Crippen molar-refractivity contribution in [3.05, 3.63) is 45.5 Å². The predicted octanol–water partition coefficient (Wildman–Crippen LogP) is 3.72. The van der Waals surface area contributed by atoms with Crippen molar-refractivity contribution >= 4 is 58.3 Å². The molecule has 1 aromatic heterocycles. The predicted molar refractivity (Wildman–Crippen MR) is 89.2 cm³/mol. The topological polar surface area (TPSA) is 69.1 Å². The molecule has 2 aromatic rings. The molecule has 0 bridgehead atoms. The molecule has 1 heterocycles. The number of benzene rings is 1. The number of nitrogen functional groups attached to an aromatic ring is 1. The minimum atomic E-state index is -0.145. The lowest BCUT2D eigenvalue weighted by Gasteiger charge is -2.07. The summed E-state index contributed by atoms with van der Waals surface area (Å²) in [7, 11) is 0. The summed E-state index contributed by atoms with van der Waals surface area (Å²) in [6.07, 6.45) is 1.85. The Morgan fingerprint density at radius 3 is 2.43 bits per heavy atom. The third-order valence-corrected chi connectivity index (χ3v) is 3.75. The van der Waals surface area contributed by atoms with Crippen LogP contribution in [0.15, 0.2) is 50.1 Å². The van der Waals surface area contributed by atoms with Crippen LogP contribution in [0.4, 0.5) is 5.95 Å². The van der Waals surface area contributed by atoms with Gasteiger partial charge in [0.05, 0.1) is 0 Å². The molecule has 5 nitrogen and oxygen atoms in total. The van der Waals surface area contributed by atoms with Gasteiger partial charge in [-0.2, -0.15) is 9.67 Å². The smallest absolute Gasteiger partial charge is 0.225 e. The van der Waals surface area contributed by atoms with Gasteiger partial charge in [0.1, 0.15) is 4.49 Å². The maximum atomic E-state index is 5.92. The molecule has 0 aliphatic heterocycles. The first-order chi connectivity index (χ1) is 10.0. The number of rotatable bonds is 3. The number of anilines is 1. The number of hydrogen-bond acceptors (Lipinski definition) is 5. The van der Waals surface area contributed by atoms with Gasteiger partial charge in [-0.1, -0.05) is 76.9 Å². The van der Waals surface area contributed by atoms with E-state index in [1.165, 1.54) is 16.4 Å². The fourth-order valence-electron chi connectivity index (χ4n) is 1.50. The van der Waals surface area contributed by atoms with Gasteiger partial charge in [0, 0.05) is 5.56 Å². The zero-order chi connectivity index (χ0) is 15.4. The van der Waals surface area contributed by atoms with Crippen LogP contribution in [-0.2, 0) is 0 Å². The van der Waals surface area contributed by atoms with Gasteiger partial charge in [-0.25, -0.2) is 4.99 Å². The molecule has 0 spiro atoms. The number of hydrogen-bond donors (Lipinski definition) is 1. The highest BCUT2D eigenvalue weighted by atomic mass is 35.5. The summed E-state index contributed by atoms with van der Waals surface area (Å²) >= 11 is 18.6. The highest BCUT2D eigenvalue weighted by Gasteiger charge is 2.15.